The van der Waals surface area contributed by atoms with Gasteiger partial charge in [0.2, 0.25) is 0 Å². The summed E-state index contributed by atoms with van der Waals surface area (Å²) in [4.78, 5) is 12.5. The van der Waals surface area contributed by atoms with Crippen molar-refractivity contribution in [2.24, 2.45) is 12.8 Å². The first-order valence-electron chi connectivity index (χ1n) is 6.90. The van der Waals surface area contributed by atoms with Gasteiger partial charge in [0.25, 0.3) is 5.56 Å². The minimum Gasteiger partial charge on any atom is -0.496 e. The summed E-state index contributed by atoms with van der Waals surface area (Å²) in [6.45, 7) is 5.65. The summed E-state index contributed by atoms with van der Waals surface area (Å²) in [5.74, 6) is 0.837. The summed E-state index contributed by atoms with van der Waals surface area (Å²) in [6, 6.07) is 9.63. The van der Waals surface area contributed by atoms with Crippen molar-refractivity contribution in [2.75, 3.05) is 7.11 Å². The van der Waals surface area contributed by atoms with Gasteiger partial charge in [-0.15, -0.1) is 0 Å². The number of rotatable bonds is 3. The largest absolute Gasteiger partial charge is 0.496 e. The maximum Gasteiger partial charge on any atom is 0.255 e. The summed E-state index contributed by atoms with van der Waals surface area (Å²) >= 11 is 0. The highest BCUT2D eigenvalue weighted by atomic mass is 16.5. The fourth-order valence-corrected chi connectivity index (χ4v) is 2.45. The second kappa shape index (κ2) is 5.37. The summed E-state index contributed by atoms with van der Waals surface area (Å²) < 4.78 is 6.91. The molecule has 0 bridgehead atoms. The minimum atomic E-state index is -0.650. The first kappa shape index (κ1) is 15.3. The number of benzene rings is 1. The Morgan fingerprint density at radius 2 is 1.86 bits per heavy atom. The average Bonchev–Trinajstić information content (AvgIpc) is 2.40. The number of pyridine rings is 1. The van der Waals surface area contributed by atoms with E-state index in [0.717, 1.165) is 22.6 Å². The van der Waals surface area contributed by atoms with Crippen molar-refractivity contribution in [3.05, 3.63) is 51.8 Å². The van der Waals surface area contributed by atoms with Gasteiger partial charge in [-0.2, -0.15) is 0 Å². The smallest absolute Gasteiger partial charge is 0.255 e. The third kappa shape index (κ3) is 2.85. The molecule has 112 valence electrons. The van der Waals surface area contributed by atoms with Crippen molar-refractivity contribution < 1.29 is 4.74 Å². The van der Waals surface area contributed by atoms with E-state index in [9.17, 15) is 4.79 Å². The topological polar surface area (TPSA) is 57.2 Å². The molecule has 0 atom stereocenters. The second-order valence-electron chi connectivity index (χ2n) is 5.90. The fourth-order valence-electron chi connectivity index (χ4n) is 2.45. The molecule has 0 radical (unpaired) electrons. The van der Waals surface area contributed by atoms with Gasteiger partial charge in [-0.3, -0.25) is 4.79 Å². The molecule has 2 rings (SSSR count). The van der Waals surface area contributed by atoms with Crippen LogP contribution < -0.4 is 16.0 Å². The third-order valence-electron chi connectivity index (χ3n) is 3.69. The molecule has 0 fully saturated rings. The maximum absolute atomic E-state index is 12.5. The molecule has 4 heteroatoms. The molecule has 1 aromatic heterocycles. The molecule has 4 nitrogen and oxygen atoms in total. The zero-order valence-corrected chi connectivity index (χ0v) is 13.2. The quantitative estimate of drug-likeness (QED) is 0.943. The molecule has 0 amide bonds. The van der Waals surface area contributed by atoms with Crippen LogP contribution in [0.5, 0.6) is 5.75 Å². The van der Waals surface area contributed by atoms with Crippen LogP contribution in [0.15, 0.2) is 35.1 Å². The number of aryl methyl sites for hydroxylation is 1. The van der Waals surface area contributed by atoms with Crippen molar-refractivity contribution in [1.29, 1.82) is 0 Å². The van der Waals surface area contributed by atoms with Gasteiger partial charge >= 0.3 is 0 Å². The Morgan fingerprint density at radius 3 is 2.38 bits per heavy atom. The van der Waals surface area contributed by atoms with Crippen LogP contribution in [0.2, 0.25) is 0 Å². The molecule has 0 unspecified atom stereocenters. The SMILES string of the molecule is COc1ccc(-c2ccc(C(C)(C)N)c(=O)n2C)cc1C. The van der Waals surface area contributed by atoms with Gasteiger partial charge in [-0.05, 0) is 62.2 Å². The van der Waals surface area contributed by atoms with Crippen LogP contribution in [0.25, 0.3) is 11.3 Å². The Labute approximate surface area is 125 Å². The van der Waals surface area contributed by atoms with Gasteiger partial charge in [-0.1, -0.05) is 0 Å². The Balaban J connectivity index is 2.59. The number of hydrogen-bond donors (Lipinski definition) is 1. The Hall–Kier alpha value is -2.07. The molecule has 1 aromatic carbocycles. The van der Waals surface area contributed by atoms with Crippen LogP contribution in [0.1, 0.15) is 25.0 Å². The van der Waals surface area contributed by atoms with Gasteiger partial charge < -0.3 is 15.0 Å². The zero-order chi connectivity index (χ0) is 15.8. The van der Waals surface area contributed by atoms with Crippen LogP contribution in [0.3, 0.4) is 0 Å². The number of nitrogens with zero attached hydrogens (tertiary/aromatic N) is 1. The number of hydrogen-bond acceptors (Lipinski definition) is 3. The highest BCUT2D eigenvalue weighted by Gasteiger charge is 2.20. The van der Waals surface area contributed by atoms with Gasteiger partial charge in [0.1, 0.15) is 5.75 Å². The Bertz CT molecular complexity index is 725. The third-order valence-corrected chi connectivity index (χ3v) is 3.69. The highest BCUT2D eigenvalue weighted by Crippen LogP contribution is 2.26. The monoisotopic (exact) mass is 286 g/mol. The van der Waals surface area contributed by atoms with Crippen LogP contribution in [0, 0.1) is 6.92 Å². The normalized spacial score (nSPS) is 11.5. The number of methoxy groups -OCH3 is 1. The molecule has 0 saturated carbocycles. The van der Waals surface area contributed by atoms with E-state index in [-0.39, 0.29) is 5.56 Å². The molecule has 21 heavy (non-hydrogen) atoms. The average molecular weight is 286 g/mol. The molecular formula is C17H22N2O2. The predicted octanol–water partition coefficient (Wildman–Crippen LogP) is 2.56. The van der Waals surface area contributed by atoms with E-state index in [2.05, 4.69) is 0 Å². The lowest BCUT2D eigenvalue weighted by Crippen LogP contribution is -2.37. The van der Waals surface area contributed by atoms with Crippen molar-refractivity contribution in [3.63, 3.8) is 0 Å². The van der Waals surface area contributed by atoms with Crippen LogP contribution in [-0.4, -0.2) is 11.7 Å². The molecule has 0 aliphatic carbocycles. The summed E-state index contributed by atoms with van der Waals surface area (Å²) in [7, 11) is 3.42. The fraction of sp³-hybridized carbons (Fsp3) is 0.353. The van der Waals surface area contributed by atoms with Crippen LogP contribution >= 0.6 is 0 Å². The number of ether oxygens (including phenoxy) is 1. The molecule has 2 aromatic rings. The van der Waals surface area contributed by atoms with Crippen molar-refractivity contribution >= 4 is 0 Å². The van der Waals surface area contributed by atoms with Gasteiger partial charge in [0, 0.05) is 18.2 Å². The Morgan fingerprint density at radius 1 is 1.19 bits per heavy atom. The van der Waals surface area contributed by atoms with Gasteiger partial charge in [0.05, 0.1) is 12.8 Å². The molecule has 1 heterocycles. The Kier molecular flexibility index (Phi) is 3.92. The lowest BCUT2D eigenvalue weighted by atomic mass is 9.96. The summed E-state index contributed by atoms with van der Waals surface area (Å²) in [5, 5.41) is 0. The summed E-state index contributed by atoms with van der Waals surface area (Å²) in [5.41, 5.74) is 8.82. The van der Waals surface area contributed by atoms with Crippen molar-refractivity contribution in [1.82, 2.24) is 4.57 Å². The maximum atomic E-state index is 12.5. The van der Waals surface area contributed by atoms with E-state index >= 15 is 0 Å². The van der Waals surface area contributed by atoms with Crippen molar-refractivity contribution in [2.45, 2.75) is 26.3 Å². The van der Waals surface area contributed by atoms with Crippen molar-refractivity contribution in [3.8, 4) is 17.0 Å². The lowest BCUT2D eigenvalue weighted by molar-refractivity contribution is 0.412. The highest BCUT2D eigenvalue weighted by molar-refractivity contribution is 5.62. The van der Waals surface area contributed by atoms with Gasteiger partial charge in [0.15, 0.2) is 0 Å². The first-order valence-corrected chi connectivity index (χ1v) is 6.90. The van der Waals surface area contributed by atoms with Crippen LogP contribution in [0.4, 0.5) is 0 Å². The first-order chi connectivity index (χ1) is 9.75. The van der Waals surface area contributed by atoms with E-state index in [1.807, 2.05) is 51.1 Å². The van der Waals surface area contributed by atoms with E-state index in [1.165, 1.54) is 0 Å². The lowest BCUT2D eigenvalue weighted by Gasteiger charge is -2.20. The summed E-state index contributed by atoms with van der Waals surface area (Å²) in [6.07, 6.45) is 0. The van der Waals surface area contributed by atoms with E-state index in [1.54, 1.807) is 18.7 Å². The zero-order valence-electron chi connectivity index (χ0n) is 13.2. The molecule has 2 N–H and O–H groups in total. The molecule has 0 aliphatic heterocycles. The second-order valence-corrected chi connectivity index (χ2v) is 5.90. The number of nitrogens with two attached hydrogens (primary N) is 1. The minimum absolute atomic E-state index is 0.0616. The standard InChI is InChI=1S/C17H22N2O2/c1-11-10-12(6-9-15(11)21-5)14-8-7-13(17(2,3)18)16(20)19(14)4/h6-10H,18H2,1-5H3. The van der Waals surface area contributed by atoms with E-state index in [4.69, 9.17) is 10.5 Å². The van der Waals surface area contributed by atoms with E-state index < -0.39 is 5.54 Å². The van der Waals surface area contributed by atoms with Crippen LogP contribution in [-0.2, 0) is 12.6 Å². The predicted molar refractivity (Wildman–Crippen MR) is 85.6 cm³/mol. The number of aromatic nitrogens is 1. The molecule has 0 aliphatic rings. The van der Waals surface area contributed by atoms with E-state index in [0.29, 0.717) is 5.56 Å². The molecule has 0 spiro atoms. The van der Waals surface area contributed by atoms with Gasteiger partial charge in [-0.25, -0.2) is 0 Å². The molecular weight excluding hydrogens is 264 g/mol. The molecule has 0 saturated heterocycles.